The molecular weight excluding hydrogens is 522 g/mol. The summed E-state index contributed by atoms with van der Waals surface area (Å²) in [4.78, 5) is 48.7. The topological polar surface area (TPSA) is 99.6 Å². The molecule has 1 aromatic carbocycles. The van der Waals surface area contributed by atoms with E-state index in [9.17, 15) is 19.5 Å². The zero-order valence-corrected chi connectivity index (χ0v) is 24.8. The summed E-state index contributed by atoms with van der Waals surface area (Å²) in [6.45, 7) is 9.00. The Bertz CT molecular complexity index is 1230. The molecular formula is C32H43N3O6. The number of benzene rings is 1. The van der Waals surface area contributed by atoms with Crippen molar-refractivity contribution in [2.24, 2.45) is 17.8 Å². The molecule has 0 saturated carbocycles. The average Bonchev–Trinajstić information content (AvgIpc) is 3.28. The number of hydrogen-bond donors (Lipinski definition) is 1. The van der Waals surface area contributed by atoms with Crippen LogP contribution in [-0.2, 0) is 19.1 Å². The van der Waals surface area contributed by atoms with Gasteiger partial charge in [-0.1, -0.05) is 58.4 Å². The summed E-state index contributed by atoms with van der Waals surface area (Å²) < 4.78 is 12.4. The molecule has 0 aromatic heterocycles. The highest BCUT2D eigenvalue weighted by Gasteiger charge is 2.76. The van der Waals surface area contributed by atoms with Crippen LogP contribution in [0.3, 0.4) is 0 Å². The van der Waals surface area contributed by atoms with Crippen molar-refractivity contribution < 1.29 is 29.0 Å². The van der Waals surface area contributed by atoms with E-state index in [2.05, 4.69) is 0 Å². The molecule has 4 aliphatic heterocycles. The number of anilines is 1. The summed E-state index contributed by atoms with van der Waals surface area (Å²) in [7, 11) is 1.59. The lowest BCUT2D eigenvalue weighted by Gasteiger charge is -2.42. The summed E-state index contributed by atoms with van der Waals surface area (Å²) >= 11 is 0. The van der Waals surface area contributed by atoms with E-state index in [0.29, 0.717) is 37.4 Å². The Kier molecular flexibility index (Phi) is 8.05. The summed E-state index contributed by atoms with van der Waals surface area (Å²) in [5.41, 5.74) is -1.71. The normalized spacial score (nSPS) is 32.4. The largest absolute Gasteiger partial charge is 0.497 e. The van der Waals surface area contributed by atoms with Gasteiger partial charge in [0.1, 0.15) is 17.4 Å². The smallest absolute Gasteiger partial charge is 0.253 e. The molecule has 0 bridgehead atoms. The number of fused-ring (bicyclic) bond motifs is 2. The first-order valence-corrected chi connectivity index (χ1v) is 15.0. The van der Waals surface area contributed by atoms with Gasteiger partial charge in [-0.05, 0) is 43.0 Å². The second kappa shape index (κ2) is 11.2. The van der Waals surface area contributed by atoms with Crippen molar-refractivity contribution in [3.8, 4) is 5.75 Å². The zero-order valence-electron chi connectivity index (χ0n) is 24.8. The van der Waals surface area contributed by atoms with E-state index in [1.165, 1.54) is 0 Å². The van der Waals surface area contributed by atoms with Crippen LogP contribution >= 0.6 is 0 Å². The quantitative estimate of drug-likeness (QED) is 0.462. The highest BCUT2D eigenvalue weighted by Crippen LogP contribution is 2.59. The SMILES string of the molecule is CCCN1CC=C[C@]2(CC)O[C@]34C=CCN(c5ccc(OC)cc5)C(=O)C3N([C@@H](CO)[C@@H](C)CC)C(=O)[C@@H]4[C@@H]2C1=O. The number of rotatable bonds is 9. The van der Waals surface area contributed by atoms with Crippen molar-refractivity contribution in [1.29, 1.82) is 0 Å². The van der Waals surface area contributed by atoms with E-state index in [4.69, 9.17) is 9.47 Å². The number of nitrogens with zero attached hydrogens (tertiary/aromatic N) is 3. The van der Waals surface area contributed by atoms with Crippen molar-refractivity contribution in [3.63, 3.8) is 0 Å². The average molecular weight is 566 g/mol. The van der Waals surface area contributed by atoms with Crippen LogP contribution in [0, 0.1) is 17.8 Å². The van der Waals surface area contributed by atoms with Crippen LogP contribution in [0.25, 0.3) is 0 Å². The standard InChI is InChI=1S/C32H43N3O6/c1-6-17-33-18-9-15-31(8-3)25(28(33)37)26-29(38)35(24(20-36)21(4)7-2)27-30(39)34(19-10-16-32(26,27)41-31)22-11-13-23(40-5)14-12-22/h9-16,21,24-27,36H,6-8,17-20H2,1-5H3/t21-,24-,25+,26-,27?,31-,32-/m0/s1. The van der Waals surface area contributed by atoms with E-state index >= 15 is 0 Å². The Labute approximate surface area is 242 Å². The minimum Gasteiger partial charge on any atom is -0.497 e. The lowest BCUT2D eigenvalue weighted by atomic mass is 9.73. The molecule has 41 heavy (non-hydrogen) atoms. The number of likely N-dealkylation sites (tertiary alicyclic amines) is 1. The Hall–Kier alpha value is -3.17. The fourth-order valence-electron chi connectivity index (χ4n) is 7.39. The number of aliphatic hydroxyl groups is 1. The fourth-order valence-corrected chi connectivity index (χ4v) is 7.39. The maximum atomic E-state index is 14.7. The van der Waals surface area contributed by atoms with Gasteiger partial charge in [0.15, 0.2) is 0 Å². The Balaban J connectivity index is 1.68. The molecule has 1 aromatic rings. The second-order valence-corrected chi connectivity index (χ2v) is 11.7. The number of amides is 3. The van der Waals surface area contributed by atoms with Crippen LogP contribution in [-0.4, -0.2) is 89.3 Å². The van der Waals surface area contributed by atoms with Crippen LogP contribution in [0.2, 0.25) is 0 Å². The molecule has 1 N–H and O–H groups in total. The van der Waals surface area contributed by atoms with Gasteiger partial charge in [-0.3, -0.25) is 14.4 Å². The third-order valence-electron chi connectivity index (χ3n) is 9.68. The summed E-state index contributed by atoms with van der Waals surface area (Å²) in [5, 5.41) is 10.6. The molecule has 4 heterocycles. The summed E-state index contributed by atoms with van der Waals surface area (Å²) in [6.07, 6.45) is 9.65. The van der Waals surface area contributed by atoms with E-state index in [-0.39, 0.29) is 36.8 Å². The number of carbonyl (C=O) groups is 3. The molecule has 1 unspecified atom stereocenters. The van der Waals surface area contributed by atoms with Gasteiger partial charge in [0, 0.05) is 25.3 Å². The minimum atomic E-state index is -1.35. The van der Waals surface area contributed by atoms with Crippen molar-refractivity contribution >= 4 is 23.4 Å². The molecule has 3 amide bonds. The van der Waals surface area contributed by atoms with Crippen molar-refractivity contribution in [1.82, 2.24) is 9.80 Å². The molecule has 0 radical (unpaired) electrons. The predicted molar refractivity (Wildman–Crippen MR) is 155 cm³/mol. The minimum absolute atomic E-state index is 0.0773. The molecule has 9 nitrogen and oxygen atoms in total. The molecule has 1 spiro atoms. The Morgan fingerprint density at radius 3 is 2.32 bits per heavy atom. The van der Waals surface area contributed by atoms with Gasteiger partial charge in [-0.15, -0.1) is 0 Å². The first kappa shape index (κ1) is 29.3. The van der Waals surface area contributed by atoms with Gasteiger partial charge in [-0.25, -0.2) is 0 Å². The second-order valence-electron chi connectivity index (χ2n) is 11.7. The van der Waals surface area contributed by atoms with E-state index in [1.54, 1.807) is 33.9 Å². The van der Waals surface area contributed by atoms with Gasteiger partial charge in [0.2, 0.25) is 11.8 Å². The molecule has 222 valence electrons. The first-order valence-electron chi connectivity index (χ1n) is 15.0. The number of hydrogen-bond acceptors (Lipinski definition) is 6. The van der Waals surface area contributed by atoms with Crippen LogP contribution in [0.5, 0.6) is 5.75 Å². The molecule has 9 heteroatoms. The van der Waals surface area contributed by atoms with Crippen LogP contribution in [0.4, 0.5) is 5.69 Å². The van der Waals surface area contributed by atoms with Gasteiger partial charge in [-0.2, -0.15) is 0 Å². The van der Waals surface area contributed by atoms with Crippen molar-refractivity contribution in [3.05, 3.63) is 48.6 Å². The molecule has 0 aliphatic carbocycles. The first-order chi connectivity index (χ1) is 19.7. The molecule has 2 saturated heterocycles. The van der Waals surface area contributed by atoms with Crippen molar-refractivity contribution in [2.75, 3.05) is 38.3 Å². The van der Waals surface area contributed by atoms with Crippen LogP contribution in [0.15, 0.2) is 48.6 Å². The molecule has 2 fully saturated rings. The van der Waals surface area contributed by atoms with Crippen molar-refractivity contribution in [2.45, 2.75) is 70.2 Å². The highest BCUT2D eigenvalue weighted by molar-refractivity contribution is 6.06. The monoisotopic (exact) mass is 565 g/mol. The Morgan fingerprint density at radius 1 is 1.00 bits per heavy atom. The van der Waals surface area contributed by atoms with Gasteiger partial charge < -0.3 is 29.3 Å². The predicted octanol–water partition coefficient (Wildman–Crippen LogP) is 3.17. The third-order valence-corrected chi connectivity index (χ3v) is 9.68. The highest BCUT2D eigenvalue weighted by atomic mass is 16.5. The summed E-state index contributed by atoms with van der Waals surface area (Å²) in [5.74, 6) is -1.78. The number of ether oxygens (including phenoxy) is 2. The van der Waals surface area contributed by atoms with E-state index in [0.717, 1.165) is 6.42 Å². The summed E-state index contributed by atoms with van der Waals surface area (Å²) in [6, 6.07) is 5.59. The lowest BCUT2D eigenvalue weighted by Crippen LogP contribution is -2.60. The van der Waals surface area contributed by atoms with Crippen LogP contribution in [0.1, 0.15) is 47.0 Å². The zero-order chi connectivity index (χ0) is 29.5. The van der Waals surface area contributed by atoms with Gasteiger partial charge in [0.25, 0.3) is 5.91 Å². The fraction of sp³-hybridized carbons (Fsp3) is 0.594. The molecule has 5 rings (SSSR count). The number of carbonyl (C=O) groups excluding carboxylic acids is 3. The van der Waals surface area contributed by atoms with Gasteiger partial charge in [0.05, 0.1) is 37.2 Å². The molecule has 7 atom stereocenters. The Morgan fingerprint density at radius 2 is 1.71 bits per heavy atom. The van der Waals surface area contributed by atoms with E-state index < -0.39 is 35.1 Å². The van der Waals surface area contributed by atoms with Crippen LogP contribution < -0.4 is 9.64 Å². The maximum absolute atomic E-state index is 14.7. The number of aliphatic hydroxyl groups excluding tert-OH is 1. The number of methoxy groups -OCH3 is 1. The maximum Gasteiger partial charge on any atom is 0.253 e. The molecule has 4 aliphatic rings. The van der Waals surface area contributed by atoms with E-state index in [1.807, 2.05) is 64.1 Å². The lowest BCUT2D eigenvalue weighted by molar-refractivity contribution is -0.153. The third kappa shape index (κ3) is 4.39. The van der Waals surface area contributed by atoms with Gasteiger partial charge >= 0.3 is 0 Å².